The highest BCUT2D eigenvalue weighted by Crippen LogP contribution is 2.48. The average Bonchev–Trinajstić information content (AvgIpc) is 3.50. The van der Waals surface area contributed by atoms with Crippen molar-refractivity contribution in [3.05, 3.63) is 88.7 Å². The van der Waals surface area contributed by atoms with E-state index in [0.717, 1.165) is 22.3 Å². The fraction of sp³-hybridized carbons (Fsp3) is 0.182. The third-order valence-electron chi connectivity index (χ3n) is 4.68. The zero-order valence-corrected chi connectivity index (χ0v) is 17.0. The second-order valence-corrected chi connectivity index (χ2v) is 8.63. The molecule has 2 unspecified atom stereocenters. The number of hydrogen-bond acceptors (Lipinski definition) is 3. The Labute approximate surface area is 171 Å². The molecule has 0 spiro atoms. The van der Waals surface area contributed by atoms with E-state index >= 15 is 0 Å². The lowest BCUT2D eigenvalue weighted by Crippen LogP contribution is -2.14. The SMILES string of the molecule is O=C(Nc1ccc(SCc2cccnc2)cc1)C1CC1c1ccc(Br)cc1. The summed E-state index contributed by atoms with van der Waals surface area (Å²) in [7, 11) is 0. The van der Waals surface area contributed by atoms with E-state index in [1.54, 1.807) is 18.0 Å². The first kappa shape index (κ1) is 18.3. The molecule has 0 bridgehead atoms. The topological polar surface area (TPSA) is 42.0 Å². The first-order valence-corrected chi connectivity index (χ1v) is 10.6. The van der Waals surface area contributed by atoms with Crippen LogP contribution in [0.25, 0.3) is 0 Å². The number of nitrogens with one attached hydrogen (secondary N) is 1. The van der Waals surface area contributed by atoms with Crippen LogP contribution in [0, 0.1) is 5.92 Å². The number of carbonyl (C=O) groups is 1. The molecular weight excluding hydrogens is 420 g/mol. The minimum Gasteiger partial charge on any atom is -0.326 e. The first-order chi connectivity index (χ1) is 13.2. The molecule has 2 atom stereocenters. The molecule has 1 heterocycles. The quantitative estimate of drug-likeness (QED) is 0.488. The molecule has 27 heavy (non-hydrogen) atoms. The van der Waals surface area contributed by atoms with Gasteiger partial charge in [-0.15, -0.1) is 11.8 Å². The molecule has 3 nitrogen and oxygen atoms in total. The lowest BCUT2D eigenvalue weighted by Gasteiger charge is -2.07. The maximum atomic E-state index is 12.5. The molecule has 1 aromatic heterocycles. The number of pyridine rings is 1. The Balaban J connectivity index is 1.29. The van der Waals surface area contributed by atoms with Crippen molar-refractivity contribution in [2.75, 3.05) is 5.32 Å². The number of benzene rings is 2. The van der Waals surface area contributed by atoms with E-state index in [-0.39, 0.29) is 11.8 Å². The maximum Gasteiger partial charge on any atom is 0.228 e. The summed E-state index contributed by atoms with van der Waals surface area (Å²) in [5.74, 6) is 1.41. The standard InChI is InChI=1S/C22H19BrN2OS/c23-17-5-3-16(4-6-17)20-12-21(20)22(26)25-18-7-9-19(10-8-18)27-14-15-2-1-11-24-13-15/h1-11,13,20-21H,12,14H2,(H,25,26). The van der Waals surface area contributed by atoms with Gasteiger partial charge in [-0.2, -0.15) is 0 Å². The number of nitrogens with zero attached hydrogens (tertiary/aromatic N) is 1. The van der Waals surface area contributed by atoms with Gasteiger partial charge in [-0.25, -0.2) is 0 Å². The summed E-state index contributed by atoms with van der Waals surface area (Å²) in [4.78, 5) is 17.8. The molecule has 1 aliphatic carbocycles. The molecule has 1 aliphatic rings. The zero-order valence-electron chi connectivity index (χ0n) is 14.6. The Bertz CT molecular complexity index is 913. The lowest BCUT2D eigenvalue weighted by atomic mass is 10.1. The van der Waals surface area contributed by atoms with Gasteiger partial charge in [0, 0.05) is 39.1 Å². The largest absolute Gasteiger partial charge is 0.326 e. The summed E-state index contributed by atoms with van der Waals surface area (Å²) in [5.41, 5.74) is 3.29. The van der Waals surface area contributed by atoms with Crippen LogP contribution in [0.15, 0.2) is 82.4 Å². The smallest absolute Gasteiger partial charge is 0.228 e. The lowest BCUT2D eigenvalue weighted by molar-refractivity contribution is -0.117. The first-order valence-electron chi connectivity index (χ1n) is 8.87. The van der Waals surface area contributed by atoms with Gasteiger partial charge in [-0.05, 0) is 65.9 Å². The molecule has 4 rings (SSSR count). The molecule has 5 heteroatoms. The van der Waals surface area contributed by atoms with Crippen molar-refractivity contribution < 1.29 is 4.79 Å². The van der Waals surface area contributed by atoms with Crippen LogP contribution in [-0.2, 0) is 10.5 Å². The van der Waals surface area contributed by atoms with E-state index in [1.807, 2.05) is 36.5 Å². The third-order valence-corrected chi connectivity index (χ3v) is 6.29. The molecule has 0 radical (unpaired) electrons. The molecule has 0 aliphatic heterocycles. The van der Waals surface area contributed by atoms with Crippen molar-refractivity contribution in [2.45, 2.75) is 23.0 Å². The summed E-state index contributed by atoms with van der Waals surface area (Å²) < 4.78 is 1.06. The van der Waals surface area contributed by atoms with Gasteiger partial charge in [-0.1, -0.05) is 34.1 Å². The van der Waals surface area contributed by atoms with Crippen LogP contribution in [0.1, 0.15) is 23.5 Å². The summed E-state index contributed by atoms with van der Waals surface area (Å²) in [6.45, 7) is 0. The number of rotatable bonds is 6. The van der Waals surface area contributed by atoms with Crippen molar-refractivity contribution in [3.8, 4) is 0 Å². The summed E-state index contributed by atoms with van der Waals surface area (Å²) in [6.07, 6.45) is 4.60. The van der Waals surface area contributed by atoms with E-state index in [4.69, 9.17) is 0 Å². The van der Waals surface area contributed by atoms with Crippen LogP contribution in [0.2, 0.25) is 0 Å². The Morgan fingerprint density at radius 3 is 2.59 bits per heavy atom. The minimum atomic E-state index is 0.0748. The number of halogens is 1. The predicted octanol–water partition coefficient (Wildman–Crippen LogP) is 5.88. The van der Waals surface area contributed by atoms with E-state index < -0.39 is 0 Å². The van der Waals surface area contributed by atoms with Crippen LogP contribution < -0.4 is 5.32 Å². The summed E-state index contributed by atoms with van der Waals surface area (Å²) in [5, 5.41) is 3.05. The van der Waals surface area contributed by atoms with Gasteiger partial charge in [0.1, 0.15) is 0 Å². The molecule has 136 valence electrons. The zero-order chi connectivity index (χ0) is 18.6. The molecular formula is C22H19BrN2OS. The average molecular weight is 439 g/mol. The van der Waals surface area contributed by atoms with Crippen LogP contribution in [0.4, 0.5) is 5.69 Å². The van der Waals surface area contributed by atoms with Crippen molar-refractivity contribution in [1.82, 2.24) is 4.98 Å². The van der Waals surface area contributed by atoms with Gasteiger partial charge in [-0.3, -0.25) is 9.78 Å². The van der Waals surface area contributed by atoms with Crippen molar-refractivity contribution in [2.24, 2.45) is 5.92 Å². The number of hydrogen-bond donors (Lipinski definition) is 1. The molecule has 1 saturated carbocycles. The molecule has 3 aromatic rings. The fourth-order valence-electron chi connectivity index (χ4n) is 3.08. The van der Waals surface area contributed by atoms with Gasteiger partial charge in [0.05, 0.1) is 0 Å². The Morgan fingerprint density at radius 1 is 1.11 bits per heavy atom. The second-order valence-electron chi connectivity index (χ2n) is 6.66. The van der Waals surface area contributed by atoms with Gasteiger partial charge in [0.15, 0.2) is 0 Å². The van der Waals surface area contributed by atoms with Crippen LogP contribution in [0.3, 0.4) is 0 Å². The van der Waals surface area contributed by atoms with Gasteiger partial charge < -0.3 is 5.32 Å². The number of anilines is 1. The van der Waals surface area contributed by atoms with Gasteiger partial charge in [0.2, 0.25) is 5.91 Å². The highest BCUT2D eigenvalue weighted by atomic mass is 79.9. The monoisotopic (exact) mass is 438 g/mol. The second kappa shape index (κ2) is 8.28. The molecule has 2 aromatic carbocycles. The van der Waals surface area contributed by atoms with E-state index in [2.05, 4.69) is 56.6 Å². The predicted molar refractivity (Wildman–Crippen MR) is 114 cm³/mol. The normalized spacial score (nSPS) is 18.1. The van der Waals surface area contributed by atoms with Crippen LogP contribution in [0.5, 0.6) is 0 Å². The Morgan fingerprint density at radius 2 is 1.89 bits per heavy atom. The van der Waals surface area contributed by atoms with Crippen molar-refractivity contribution >= 4 is 39.3 Å². The number of aromatic nitrogens is 1. The van der Waals surface area contributed by atoms with E-state index in [9.17, 15) is 4.79 Å². The highest BCUT2D eigenvalue weighted by molar-refractivity contribution is 9.10. The van der Waals surface area contributed by atoms with Crippen molar-refractivity contribution in [3.63, 3.8) is 0 Å². The van der Waals surface area contributed by atoms with E-state index in [1.165, 1.54) is 16.0 Å². The van der Waals surface area contributed by atoms with Crippen LogP contribution >= 0.6 is 27.7 Å². The van der Waals surface area contributed by atoms with Gasteiger partial charge in [0.25, 0.3) is 0 Å². The maximum absolute atomic E-state index is 12.5. The third kappa shape index (κ3) is 4.79. The molecule has 0 saturated heterocycles. The fourth-order valence-corrected chi connectivity index (χ4v) is 4.18. The van der Waals surface area contributed by atoms with Crippen LogP contribution in [-0.4, -0.2) is 10.9 Å². The molecule has 1 amide bonds. The van der Waals surface area contributed by atoms with Gasteiger partial charge >= 0.3 is 0 Å². The highest BCUT2D eigenvalue weighted by Gasteiger charge is 2.43. The summed E-state index contributed by atoms with van der Waals surface area (Å²) in [6, 6.07) is 20.3. The number of amides is 1. The minimum absolute atomic E-state index is 0.0748. The number of thioether (sulfide) groups is 1. The Hall–Kier alpha value is -2.11. The Kier molecular flexibility index (Phi) is 5.60. The van der Waals surface area contributed by atoms with Crippen molar-refractivity contribution in [1.29, 1.82) is 0 Å². The molecule has 1 N–H and O–H groups in total. The molecule has 1 fully saturated rings. The number of carbonyl (C=O) groups excluding carboxylic acids is 1. The van der Waals surface area contributed by atoms with E-state index in [0.29, 0.717) is 5.92 Å². The summed E-state index contributed by atoms with van der Waals surface area (Å²) >= 11 is 5.21.